The maximum Gasteiger partial charge on any atom is 0.241 e. The van der Waals surface area contributed by atoms with Crippen molar-refractivity contribution in [3.8, 4) is 0 Å². The maximum atomic E-state index is 12.2. The molecular weight excluding hydrogens is 313 g/mol. The molecule has 2 amide bonds. The number of halogens is 2. The predicted octanol–water partition coefficient (Wildman–Crippen LogP) is 2.34. The SMILES string of the molecule is C[C@@H](C(=O)Nc1ccc(Cl)cc1Cl)N(C)CC(=O)N(C)C. The number of hydrogen-bond acceptors (Lipinski definition) is 3. The zero-order valence-corrected chi connectivity index (χ0v) is 14.0. The van der Waals surface area contributed by atoms with Crippen molar-refractivity contribution in [3.05, 3.63) is 28.2 Å². The van der Waals surface area contributed by atoms with Gasteiger partial charge in [-0.2, -0.15) is 0 Å². The summed E-state index contributed by atoms with van der Waals surface area (Å²) in [6.07, 6.45) is 0. The zero-order chi connectivity index (χ0) is 16.2. The van der Waals surface area contributed by atoms with Crippen LogP contribution in [0.25, 0.3) is 0 Å². The summed E-state index contributed by atoms with van der Waals surface area (Å²) in [6.45, 7) is 1.89. The van der Waals surface area contributed by atoms with E-state index in [1.807, 2.05) is 0 Å². The van der Waals surface area contributed by atoms with Gasteiger partial charge in [-0.1, -0.05) is 23.2 Å². The predicted molar refractivity (Wildman–Crippen MR) is 85.9 cm³/mol. The third kappa shape index (κ3) is 5.19. The van der Waals surface area contributed by atoms with E-state index in [1.54, 1.807) is 51.2 Å². The molecule has 116 valence electrons. The van der Waals surface area contributed by atoms with Gasteiger partial charge in [0.1, 0.15) is 0 Å². The van der Waals surface area contributed by atoms with Crippen molar-refractivity contribution < 1.29 is 9.59 Å². The molecule has 0 aromatic heterocycles. The van der Waals surface area contributed by atoms with E-state index in [1.165, 1.54) is 4.90 Å². The standard InChI is InChI=1S/C14H19Cl2N3O2/c1-9(19(4)8-13(20)18(2)3)14(21)17-12-6-5-10(15)7-11(12)16/h5-7,9H,8H2,1-4H3,(H,17,21)/t9-/m0/s1. The third-order valence-corrected chi connectivity index (χ3v) is 3.66. The number of rotatable bonds is 5. The van der Waals surface area contributed by atoms with Crippen LogP contribution in [0.1, 0.15) is 6.92 Å². The zero-order valence-electron chi connectivity index (χ0n) is 12.5. The second kappa shape index (κ2) is 7.64. The van der Waals surface area contributed by atoms with Crippen molar-refractivity contribution in [2.75, 3.05) is 33.0 Å². The Morgan fingerprint density at radius 2 is 1.86 bits per heavy atom. The number of anilines is 1. The molecule has 1 atom stereocenters. The Morgan fingerprint density at radius 1 is 1.24 bits per heavy atom. The number of carbonyl (C=O) groups excluding carboxylic acids is 2. The van der Waals surface area contributed by atoms with Crippen LogP contribution in [-0.4, -0.2) is 55.3 Å². The van der Waals surface area contributed by atoms with Gasteiger partial charge in [0.2, 0.25) is 11.8 Å². The van der Waals surface area contributed by atoms with Crippen LogP contribution in [-0.2, 0) is 9.59 Å². The van der Waals surface area contributed by atoms with Gasteiger partial charge in [-0.25, -0.2) is 0 Å². The Bertz CT molecular complexity index is 535. The summed E-state index contributed by atoms with van der Waals surface area (Å²) in [6, 6.07) is 4.37. The molecule has 1 aromatic rings. The minimum atomic E-state index is -0.472. The average Bonchev–Trinajstić information content (AvgIpc) is 2.40. The summed E-state index contributed by atoms with van der Waals surface area (Å²) in [5.41, 5.74) is 0.491. The van der Waals surface area contributed by atoms with Gasteiger partial charge in [-0.15, -0.1) is 0 Å². The minimum absolute atomic E-state index is 0.0679. The molecular formula is C14H19Cl2N3O2. The highest BCUT2D eigenvalue weighted by Crippen LogP contribution is 2.25. The number of carbonyl (C=O) groups is 2. The Labute approximate surface area is 134 Å². The van der Waals surface area contributed by atoms with Crippen LogP contribution in [0.4, 0.5) is 5.69 Å². The van der Waals surface area contributed by atoms with Crippen LogP contribution >= 0.6 is 23.2 Å². The van der Waals surface area contributed by atoms with Crippen LogP contribution in [0.2, 0.25) is 10.0 Å². The van der Waals surface area contributed by atoms with Crippen molar-refractivity contribution in [1.82, 2.24) is 9.80 Å². The molecule has 0 aliphatic rings. The number of amides is 2. The molecule has 0 radical (unpaired) electrons. The second-order valence-corrected chi connectivity index (χ2v) is 5.84. The first-order valence-electron chi connectivity index (χ1n) is 6.38. The van der Waals surface area contributed by atoms with Gasteiger partial charge in [0.15, 0.2) is 0 Å². The highest BCUT2D eigenvalue weighted by atomic mass is 35.5. The molecule has 0 aliphatic heterocycles. The first-order valence-corrected chi connectivity index (χ1v) is 7.14. The number of hydrogen-bond donors (Lipinski definition) is 1. The average molecular weight is 332 g/mol. The Hall–Kier alpha value is -1.30. The number of nitrogens with zero attached hydrogens (tertiary/aromatic N) is 2. The fourth-order valence-electron chi connectivity index (χ4n) is 1.52. The third-order valence-electron chi connectivity index (χ3n) is 3.11. The summed E-state index contributed by atoms with van der Waals surface area (Å²) in [7, 11) is 5.07. The molecule has 0 bridgehead atoms. The van der Waals surface area contributed by atoms with E-state index < -0.39 is 6.04 Å². The second-order valence-electron chi connectivity index (χ2n) is 4.99. The van der Waals surface area contributed by atoms with Crippen LogP contribution in [0, 0.1) is 0 Å². The highest BCUT2D eigenvalue weighted by molar-refractivity contribution is 6.36. The lowest BCUT2D eigenvalue weighted by Gasteiger charge is -2.24. The number of benzene rings is 1. The first kappa shape index (κ1) is 17.8. The largest absolute Gasteiger partial charge is 0.348 e. The molecule has 0 aliphatic carbocycles. The number of nitrogens with one attached hydrogen (secondary N) is 1. The smallest absolute Gasteiger partial charge is 0.241 e. The van der Waals surface area contributed by atoms with E-state index >= 15 is 0 Å². The summed E-state index contributed by atoms with van der Waals surface area (Å²) >= 11 is 11.8. The molecule has 0 spiro atoms. The lowest BCUT2D eigenvalue weighted by molar-refractivity contribution is -0.131. The van der Waals surface area contributed by atoms with Crippen molar-refractivity contribution in [1.29, 1.82) is 0 Å². The molecule has 0 saturated carbocycles. The maximum absolute atomic E-state index is 12.2. The molecule has 1 rings (SSSR count). The van der Waals surface area contributed by atoms with E-state index in [9.17, 15) is 9.59 Å². The molecule has 0 fully saturated rings. The first-order chi connectivity index (χ1) is 9.72. The normalized spacial score (nSPS) is 12.1. The molecule has 1 N–H and O–H groups in total. The summed E-state index contributed by atoms with van der Waals surface area (Å²) in [4.78, 5) is 27.0. The molecule has 1 aromatic carbocycles. The minimum Gasteiger partial charge on any atom is -0.348 e. The van der Waals surface area contributed by atoms with Crippen molar-refractivity contribution >= 4 is 40.7 Å². The van der Waals surface area contributed by atoms with Gasteiger partial charge >= 0.3 is 0 Å². The van der Waals surface area contributed by atoms with Gasteiger partial charge < -0.3 is 10.2 Å². The number of likely N-dealkylation sites (N-methyl/N-ethyl adjacent to an activating group) is 2. The summed E-state index contributed by atoms with van der Waals surface area (Å²) < 4.78 is 0. The van der Waals surface area contributed by atoms with Gasteiger partial charge in [0.25, 0.3) is 0 Å². The molecule has 5 nitrogen and oxygen atoms in total. The van der Waals surface area contributed by atoms with Crippen LogP contribution in [0.15, 0.2) is 18.2 Å². The van der Waals surface area contributed by atoms with Gasteiger partial charge in [0.05, 0.1) is 23.3 Å². The van der Waals surface area contributed by atoms with E-state index in [2.05, 4.69) is 5.32 Å². The Kier molecular flexibility index (Phi) is 6.45. The summed E-state index contributed by atoms with van der Waals surface area (Å²) in [5, 5.41) is 3.59. The van der Waals surface area contributed by atoms with E-state index in [0.29, 0.717) is 15.7 Å². The Balaban J connectivity index is 2.68. The lowest BCUT2D eigenvalue weighted by atomic mass is 10.2. The quantitative estimate of drug-likeness (QED) is 0.900. The Morgan fingerprint density at radius 3 is 2.38 bits per heavy atom. The van der Waals surface area contributed by atoms with Crippen molar-refractivity contribution in [2.24, 2.45) is 0 Å². The molecule has 21 heavy (non-hydrogen) atoms. The van der Waals surface area contributed by atoms with Crippen LogP contribution in [0.5, 0.6) is 0 Å². The van der Waals surface area contributed by atoms with Gasteiger partial charge in [0, 0.05) is 19.1 Å². The fourth-order valence-corrected chi connectivity index (χ4v) is 1.98. The van der Waals surface area contributed by atoms with E-state index in [4.69, 9.17) is 23.2 Å². The monoisotopic (exact) mass is 331 g/mol. The summed E-state index contributed by atoms with van der Waals surface area (Å²) in [5.74, 6) is -0.310. The lowest BCUT2D eigenvalue weighted by Crippen LogP contribution is -2.44. The van der Waals surface area contributed by atoms with Gasteiger partial charge in [-0.05, 0) is 32.2 Å². The van der Waals surface area contributed by atoms with Crippen LogP contribution in [0.3, 0.4) is 0 Å². The fraction of sp³-hybridized carbons (Fsp3) is 0.429. The van der Waals surface area contributed by atoms with Crippen molar-refractivity contribution in [3.63, 3.8) is 0 Å². The van der Waals surface area contributed by atoms with Gasteiger partial charge in [-0.3, -0.25) is 14.5 Å². The topological polar surface area (TPSA) is 52.7 Å². The van der Waals surface area contributed by atoms with Crippen LogP contribution < -0.4 is 5.32 Å². The van der Waals surface area contributed by atoms with Crippen molar-refractivity contribution in [2.45, 2.75) is 13.0 Å². The van der Waals surface area contributed by atoms with E-state index in [0.717, 1.165) is 0 Å². The molecule has 7 heteroatoms. The van der Waals surface area contributed by atoms with E-state index in [-0.39, 0.29) is 18.4 Å². The highest BCUT2D eigenvalue weighted by Gasteiger charge is 2.21. The molecule has 0 unspecified atom stereocenters. The molecule has 0 saturated heterocycles. The molecule has 0 heterocycles.